The second kappa shape index (κ2) is 12.7. The van der Waals surface area contributed by atoms with Crippen LogP contribution in [0, 0.1) is 11.3 Å². The molecule has 1 aliphatic carbocycles. The number of hydrogen-bond donors (Lipinski definition) is 4. The van der Waals surface area contributed by atoms with E-state index in [1.807, 2.05) is 18.2 Å². The predicted molar refractivity (Wildman–Crippen MR) is 161 cm³/mol. The predicted octanol–water partition coefficient (Wildman–Crippen LogP) is 2.82. The van der Waals surface area contributed by atoms with Crippen LogP contribution in [0.5, 0.6) is 0 Å². The summed E-state index contributed by atoms with van der Waals surface area (Å²) in [5.74, 6) is -2.33. The van der Waals surface area contributed by atoms with Gasteiger partial charge in [-0.15, -0.1) is 11.3 Å². The third-order valence-corrected chi connectivity index (χ3v) is 9.76. The summed E-state index contributed by atoms with van der Waals surface area (Å²) in [6.45, 7) is -1.02. The summed E-state index contributed by atoms with van der Waals surface area (Å²) in [5.41, 5.74) is 3.14. The smallest absolute Gasteiger partial charge is 0.250 e. The Hall–Kier alpha value is -4.64. The number of rotatable bonds is 11. The summed E-state index contributed by atoms with van der Waals surface area (Å²) in [6.07, 6.45) is 1.74. The second-order valence-corrected chi connectivity index (χ2v) is 13.2. The molecule has 3 amide bonds. The van der Waals surface area contributed by atoms with Gasteiger partial charge in [-0.25, -0.2) is 13.4 Å². The monoisotopic (exact) mass is 617 g/mol. The maximum absolute atomic E-state index is 13.8. The van der Waals surface area contributed by atoms with Crippen LogP contribution in [0.25, 0.3) is 21.3 Å². The zero-order valence-electron chi connectivity index (χ0n) is 22.7. The van der Waals surface area contributed by atoms with Gasteiger partial charge in [0.25, 0.3) is 0 Å². The van der Waals surface area contributed by atoms with Crippen LogP contribution in [0.1, 0.15) is 34.2 Å². The molecule has 0 bridgehead atoms. The van der Waals surface area contributed by atoms with Gasteiger partial charge < -0.3 is 21.1 Å². The summed E-state index contributed by atoms with van der Waals surface area (Å²) in [6, 6.07) is 20.5. The number of hydrogen-bond acceptors (Lipinski definition) is 9. The van der Waals surface area contributed by atoms with E-state index in [0.717, 1.165) is 35.3 Å². The first-order valence-electron chi connectivity index (χ1n) is 13.3. The van der Waals surface area contributed by atoms with Crippen molar-refractivity contribution in [3.8, 4) is 17.2 Å². The minimum Gasteiger partial charge on any atom is -0.387 e. The van der Waals surface area contributed by atoms with E-state index in [2.05, 4.69) is 20.9 Å². The Balaban J connectivity index is 1.46. The Morgan fingerprint density at radius 1 is 1.02 bits per heavy atom. The lowest BCUT2D eigenvalue weighted by Crippen LogP contribution is -2.41. The van der Waals surface area contributed by atoms with Gasteiger partial charge in [0.1, 0.15) is 11.6 Å². The number of nitrogens with zero attached hydrogens (tertiary/aromatic N) is 2. The molecule has 11 nitrogen and oxygen atoms in total. The van der Waals surface area contributed by atoms with Gasteiger partial charge in [0.05, 0.1) is 34.1 Å². The number of aliphatic hydroxyl groups is 1. The lowest BCUT2D eigenvalue weighted by molar-refractivity contribution is -0.126. The van der Waals surface area contributed by atoms with Gasteiger partial charge in [0.2, 0.25) is 17.7 Å². The number of sulfone groups is 1. The number of nitriles is 1. The van der Waals surface area contributed by atoms with Crippen LogP contribution >= 0.6 is 11.3 Å². The zero-order chi connectivity index (χ0) is 30.6. The van der Waals surface area contributed by atoms with Gasteiger partial charge in [-0.3, -0.25) is 14.4 Å². The normalized spacial score (nSPS) is 13.6. The summed E-state index contributed by atoms with van der Waals surface area (Å²) < 4.78 is 28.1. The Kier molecular flexibility index (Phi) is 8.81. The standard InChI is InChI=1S/C30H27N5O6S2/c31-14-18-3-1-4-19(11-18)17-43(40,41)28(29(39)32-15-26(37)33-22-8-9-22)30-35-24-10-7-21(13-25(24)42-30)20-5-2-6-23(12-20)34-27(38)16-36/h1-7,10-13,22,28,36H,8-9,15-17H2,(H,32,39)(H,33,37)(H,34,38). The molecule has 0 aliphatic heterocycles. The topological polar surface area (TPSA) is 178 Å². The van der Waals surface area contributed by atoms with Gasteiger partial charge >= 0.3 is 0 Å². The summed E-state index contributed by atoms with van der Waals surface area (Å²) >= 11 is 1.05. The average molecular weight is 618 g/mol. The molecule has 1 aromatic heterocycles. The number of nitrogens with one attached hydrogen (secondary N) is 3. The van der Waals surface area contributed by atoms with Crippen molar-refractivity contribution in [3.63, 3.8) is 0 Å². The minimum atomic E-state index is -4.21. The Morgan fingerprint density at radius 2 is 1.79 bits per heavy atom. The Labute approximate surface area is 251 Å². The molecule has 0 saturated heterocycles. The third-order valence-electron chi connectivity index (χ3n) is 6.64. The number of amides is 3. The van der Waals surface area contributed by atoms with Crippen molar-refractivity contribution in [3.05, 3.63) is 82.9 Å². The van der Waals surface area contributed by atoms with Crippen LogP contribution in [0.15, 0.2) is 66.7 Å². The lowest BCUT2D eigenvalue weighted by Gasteiger charge is -2.16. The number of benzene rings is 3. The molecular weight excluding hydrogens is 590 g/mol. The number of fused-ring (bicyclic) bond motifs is 1. The highest BCUT2D eigenvalue weighted by Crippen LogP contribution is 2.35. The van der Waals surface area contributed by atoms with E-state index in [9.17, 15) is 28.1 Å². The summed E-state index contributed by atoms with van der Waals surface area (Å²) in [5, 5.41) is 24.4. The fraction of sp³-hybridized carbons (Fsp3) is 0.233. The quantitative estimate of drug-likeness (QED) is 0.198. The maximum atomic E-state index is 13.8. The van der Waals surface area contributed by atoms with Gasteiger partial charge in [0, 0.05) is 11.7 Å². The van der Waals surface area contributed by atoms with Crippen molar-refractivity contribution in [1.82, 2.24) is 15.6 Å². The first-order valence-corrected chi connectivity index (χ1v) is 15.9. The lowest BCUT2D eigenvalue weighted by atomic mass is 10.0. The SMILES string of the molecule is N#Cc1cccc(CS(=O)(=O)C(C(=O)NCC(=O)NC2CC2)c2nc3ccc(-c4cccc(NC(=O)CO)c4)cc3s2)c1. The molecule has 0 spiro atoms. The number of carbonyl (C=O) groups excluding carboxylic acids is 3. The summed E-state index contributed by atoms with van der Waals surface area (Å²) in [4.78, 5) is 41.8. The van der Waals surface area contributed by atoms with E-state index < -0.39 is 45.2 Å². The van der Waals surface area contributed by atoms with Crippen LogP contribution < -0.4 is 16.0 Å². The van der Waals surface area contributed by atoms with Crippen LogP contribution in [0.3, 0.4) is 0 Å². The van der Waals surface area contributed by atoms with Crippen LogP contribution in [-0.2, 0) is 30.0 Å². The molecule has 4 aromatic rings. The molecule has 4 N–H and O–H groups in total. The maximum Gasteiger partial charge on any atom is 0.250 e. The fourth-order valence-corrected chi connectivity index (χ4v) is 7.60. The van der Waals surface area contributed by atoms with Crippen molar-refractivity contribution in [1.29, 1.82) is 5.26 Å². The molecule has 1 aliphatic rings. The van der Waals surface area contributed by atoms with E-state index in [0.29, 0.717) is 21.5 Å². The molecule has 1 saturated carbocycles. The number of thiazole rings is 1. The fourth-order valence-electron chi connectivity index (χ4n) is 4.45. The van der Waals surface area contributed by atoms with E-state index >= 15 is 0 Å². The number of aliphatic hydroxyl groups excluding tert-OH is 1. The first-order chi connectivity index (χ1) is 20.6. The average Bonchev–Trinajstić information content (AvgIpc) is 3.71. The van der Waals surface area contributed by atoms with E-state index in [4.69, 9.17) is 5.11 Å². The van der Waals surface area contributed by atoms with Crippen molar-refractivity contribution in [2.75, 3.05) is 18.5 Å². The second-order valence-electron chi connectivity index (χ2n) is 10.1. The molecule has 1 fully saturated rings. The van der Waals surface area contributed by atoms with E-state index in [-0.39, 0.29) is 23.2 Å². The van der Waals surface area contributed by atoms with E-state index in [1.54, 1.807) is 48.5 Å². The van der Waals surface area contributed by atoms with Gasteiger partial charge in [-0.2, -0.15) is 5.26 Å². The highest BCUT2D eigenvalue weighted by molar-refractivity contribution is 7.91. The molecule has 13 heteroatoms. The molecule has 220 valence electrons. The molecule has 3 aromatic carbocycles. The molecule has 0 radical (unpaired) electrons. The highest BCUT2D eigenvalue weighted by Gasteiger charge is 2.37. The number of aromatic nitrogens is 1. The highest BCUT2D eigenvalue weighted by atomic mass is 32.2. The third kappa shape index (κ3) is 7.42. The molecule has 1 heterocycles. The van der Waals surface area contributed by atoms with Crippen molar-refractivity contribution < 1.29 is 27.9 Å². The van der Waals surface area contributed by atoms with Gasteiger partial charge in [-0.05, 0) is 65.9 Å². The van der Waals surface area contributed by atoms with Gasteiger partial charge in [0.15, 0.2) is 15.1 Å². The number of anilines is 1. The van der Waals surface area contributed by atoms with Crippen LogP contribution in [0.2, 0.25) is 0 Å². The molecular formula is C30H27N5O6S2. The Bertz CT molecular complexity index is 1860. The summed E-state index contributed by atoms with van der Waals surface area (Å²) in [7, 11) is -4.21. The van der Waals surface area contributed by atoms with Crippen LogP contribution in [-0.4, -0.2) is 55.4 Å². The Morgan fingerprint density at radius 3 is 2.53 bits per heavy atom. The number of carbonyl (C=O) groups is 3. The first kappa shape index (κ1) is 29.8. The molecule has 43 heavy (non-hydrogen) atoms. The van der Waals surface area contributed by atoms with Crippen molar-refractivity contribution >= 4 is 54.8 Å². The van der Waals surface area contributed by atoms with Crippen molar-refractivity contribution in [2.24, 2.45) is 0 Å². The van der Waals surface area contributed by atoms with Crippen molar-refractivity contribution in [2.45, 2.75) is 29.9 Å². The van der Waals surface area contributed by atoms with Gasteiger partial charge in [-0.1, -0.05) is 30.3 Å². The van der Waals surface area contributed by atoms with E-state index in [1.165, 1.54) is 6.07 Å². The molecule has 1 atom stereocenters. The molecule has 5 rings (SSSR count). The minimum absolute atomic E-state index is 0.0487. The van der Waals surface area contributed by atoms with Crippen LogP contribution in [0.4, 0.5) is 5.69 Å². The zero-order valence-corrected chi connectivity index (χ0v) is 24.4. The largest absolute Gasteiger partial charge is 0.387 e. The molecule has 1 unspecified atom stereocenters.